The lowest BCUT2D eigenvalue weighted by atomic mass is 10.1. The van der Waals surface area contributed by atoms with Gasteiger partial charge in [-0.05, 0) is 39.2 Å². The summed E-state index contributed by atoms with van der Waals surface area (Å²) in [5.41, 5.74) is 0.418. The third-order valence-electron chi connectivity index (χ3n) is 4.49. The van der Waals surface area contributed by atoms with Crippen LogP contribution in [0.15, 0.2) is 12.3 Å². The van der Waals surface area contributed by atoms with Gasteiger partial charge in [-0.1, -0.05) is 0 Å². The second-order valence-corrected chi connectivity index (χ2v) is 6.69. The molecule has 1 aliphatic heterocycles. The summed E-state index contributed by atoms with van der Waals surface area (Å²) in [7, 11) is 0. The first kappa shape index (κ1) is 19.0. The van der Waals surface area contributed by atoms with Crippen molar-refractivity contribution < 1.29 is 19.5 Å². The Hall–Kier alpha value is -2.38. The van der Waals surface area contributed by atoms with Gasteiger partial charge < -0.3 is 14.9 Å². The minimum Gasteiger partial charge on any atom is -0.480 e. The van der Waals surface area contributed by atoms with Gasteiger partial charge in [-0.15, -0.1) is 0 Å². The summed E-state index contributed by atoms with van der Waals surface area (Å²) >= 11 is 0. The van der Waals surface area contributed by atoms with E-state index in [-0.39, 0.29) is 30.4 Å². The summed E-state index contributed by atoms with van der Waals surface area (Å²) < 4.78 is 1.75. The van der Waals surface area contributed by atoms with Crippen LogP contribution in [0.3, 0.4) is 0 Å². The van der Waals surface area contributed by atoms with Crippen LogP contribution in [0, 0.1) is 0 Å². The van der Waals surface area contributed by atoms with Crippen LogP contribution >= 0.6 is 0 Å². The number of hydrogen-bond donors (Lipinski definition) is 1. The highest BCUT2D eigenvalue weighted by molar-refractivity contribution is 5.92. The van der Waals surface area contributed by atoms with E-state index in [1.165, 1.54) is 11.8 Å². The smallest absolute Gasteiger partial charge is 0.323 e. The van der Waals surface area contributed by atoms with Crippen LogP contribution in [0.5, 0.6) is 0 Å². The lowest BCUT2D eigenvalue weighted by Crippen LogP contribution is -2.43. The third-order valence-corrected chi connectivity index (χ3v) is 4.49. The number of rotatable bonds is 5. The van der Waals surface area contributed by atoms with Gasteiger partial charge in [0.25, 0.3) is 5.91 Å². The van der Waals surface area contributed by atoms with Gasteiger partial charge in [0.15, 0.2) is 0 Å². The summed E-state index contributed by atoms with van der Waals surface area (Å²) in [6, 6.07) is 1.76. The number of aliphatic carboxylic acids is 1. The highest BCUT2D eigenvalue weighted by Gasteiger charge is 2.28. The molecule has 1 atom stereocenters. The molecule has 1 unspecified atom stereocenters. The van der Waals surface area contributed by atoms with E-state index in [0.29, 0.717) is 31.6 Å². The highest BCUT2D eigenvalue weighted by atomic mass is 16.4. The minimum absolute atomic E-state index is 0.118. The van der Waals surface area contributed by atoms with E-state index in [2.05, 4.69) is 5.10 Å². The van der Waals surface area contributed by atoms with Crippen molar-refractivity contribution in [3.63, 3.8) is 0 Å². The molecule has 2 amide bonds. The Morgan fingerprint density at radius 3 is 2.60 bits per heavy atom. The van der Waals surface area contributed by atoms with Crippen LogP contribution in [-0.4, -0.2) is 68.1 Å². The molecule has 138 valence electrons. The van der Waals surface area contributed by atoms with Gasteiger partial charge >= 0.3 is 5.97 Å². The van der Waals surface area contributed by atoms with Gasteiger partial charge in [0.2, 0.25) is 5.91 Å². The Morgan fingerprint density at radius 1 is 1.32 bits per heavy atom. The number of carbonyl (C=O) groups is 3. The van der Waals surface area contributed by atoms with Crippen LogP contribution in [0.2, 0.25) is 0 Å². The van der Waals surface area contributed by atoms with Crippen molar-refractivity contribution in [2.75, 3.05) is 19.6 Å². The fourth-order valence-corrected chi connectivity index (χ4v) is 3.14. The van der Waals surface area contributed by atoms with E-state index >= 15 is 0 Å². The average molecular weight is 350 g/mol. The lowest BCUT2D eigenvalue weighted by molar-refractivity contribution is -0.145. The second-order valence-electron chi connectivity index (χ2n) is 6.69. The van der Waals surface area contributed by atoms with Crippen LogP contribution in [0.4, 0.5) is 0 Å². The summed E-state index contributed by atoms with van der Waals surface area (Å²) in [6.45, 7) is 6.15. The van der Waals surface area contributed by atoms with E-state index in [4.69, 9.17) is 5.11 Å². The normalized spacial score (nSPS) is 18.1. The van der Waals surface area contributed by atoms with Gasteiger partial charge in [0.05, 0.1) is 0 Å². The van der Waals surface area contributed by atoms with Crippen LogP contribution in [-0.2, 0) is 9.59 Å². The van der Waals surface area contributed by atoms with Crippen molar-refractivity contribution in [1.82, 2.24) is 19.6 Å². The lowest BCUT2D eigenvalue weighted by Gasteiger charge is -2.28. The summed E-state index contributed by atoms with van der Waals surface area (Å²) in [5.74, 6) is -1.39. The minimum atomic E-state index is -1.02. The maximum Gasteiger partial charge on any atom is 0.323 e. The predicted molar refractivity (Wildman–Crippen MR) is 91.2 cm³/mol. The Labute approximate surface area is 147 Å². The molecule has 1 saturated heterocycles. The molecule has 0 spiro atoms. The van der Waals surface area contributed by atoms with E-state index in [1.54, 1.807) is 21.8 Å². The maximum absolute atomic E-state index is 12.7. The molecule has 8 heteroatoms. The first-order chi connectivity index (χ1) is 11.8. The molecule has 1 N–H and O–H groups in total. The number of likely N-dealkylation sites (tertiary alicyclic amines) is 1. The molecular formula is C17H26N4O4. The van der Waals surface area contributed by atoms with E-state index in [0.717, 1.165) is 6.42 Å². The molecular weight excluding hydrogens is 324 g/mol. The SMILES string of the molecule is CC(=O)N(CC(=O)O)C1CCCN(C(=O)c2ccn(C(C)C)n2)CC1. The third kappa shape index (κ3) is 4.80. The van der Waals surface area contributed by atoms with Crippen molar-refractivity contribution in [3.8, 4) is 0 Å². The zero-order valence-corrected chi connectivity index (χ0v) is 15.0. The highest BCUT2D eigenvalue weighted by Crippen LogP contribution is 2.19. The summed E-state index contributed by atoms with van der Waals surface area (Å²) in [6.07, 6.45) is 3.79. The first-order valence-electron chi connectivity index (χ1n) is 8.63. The first-order valence-corrected chi connectivity index (χ1v) is 8.63. The number of carbonyl (C=O) groups excluding carboxylic acids is 2. The van der Waals surface area contributed by atoms with E-state index in [1.807, 2.05) is 13.8 Å². The van der Waals surface area contributed by atoms with Crippen molar-refractivity contribution in [3.05, 3.63) is 18.0 Å². The molecule has 1 aromatic heterocycles. The Kier molecular flexibility index (Phi) is 6.17. The van der Waals surface area contributed by atoms with Crippen molar-refractivity contribution in [1.29, 1.82) is 0 Å². The Bertz CT molecular complexity index is 640. The van der Waals surface area contributed by atoms with Gasteiger partial charge in [-0.25, -0.2) is 0 Å². The molecule has 8 nitrogen and oxygen atoms in total. The molecule has 0 aromatic carbocycles. The number of nitrogens with zero attached hydrogens (tertiary/aromatic N) is 4. The number of carboxylic acid groups (broad SMARTS) is 1. The molecule has 1 aromatic rings. The van der Waals surface area contributed by atoms with Gasteiger partial charge in [-0.2, -0.15) is 5.10 Å². The number of aromatic nitrogens is 2. The van der Waals surface area contributed by atoms with Gasteiger partial charge in [-0.3, -0.25) is 19.1 Å². The zero-order valence-electron chi connectivity index (χ0n) is 15.0. The fraction of sp³-hybridized carbons (Fsp3) is 0.647. The van der Waals surface area contributed by atoms with Crippen LogP contribution in [0.1, 0.15) is 56.6 Å². The van der Waals surface area contributed by atoms with Crippen molar-refractivity contribution in [2.45, 2.75) is 52.1 Å². The number of amides is 2. The zero-order chi connectivity index (χ0) is 18.6. The predicted octanol–water partition coefficient (Wildman–Crippen LogP) is 1.39. The van der Waals surface area contributed by atoms with Gasteiger partial charge in [0, 0.05) is 38.3 Å². The average Bonchev–Trinajstić information content (AvgIpc) is 2.91. The molecule has 25 heavy (non-hydrogen) atoms. The summed E-state index contributed by atoms with van der Waals surface area (Å²) in [5, 5.41) is 13.3. The Morgan fingerprint density at radius 2 is 2.04 bits per heavy atom. The molecule has 0 radical (unpaired) electrons. The monoisotopic (exact) mass is 350 g/mol. The molecule has 2 rings (SSSR count). The topological polar surface area (TPSA) is 95.7 Å². The fourth-order valence-electron chi connectivity index (χ4n) is 3.14. The van der Waals surface area contributed by atoms with Crippen LogP contribution in [0.25, 0.3) is 0 Å². The number of carboxylic acids is 1. The quantitative estimate of drug-likeness (QED) is 0.866. The van der Waals surface area contributed by atoms with Gasteiger partial charge in [0.1, 0.15) is 12.2 Å². The van der Waals surface area contributed by atoms with Crippen LogP contribution < -0.4 is 0 Å². The molecule has 0 saturated carbocycles. The molecule has 1 aliphatic rings. The van der Waals surface area contributed by atoms with Crippen molar-refractivity contribution in [2.24, 2.45) is 0 Å². The van der Waals surface area contributed by atoms with E-state index in [9.17, 15) is 14.4 Å². The second kappa shape index (κ2) is 8.13. The molecule has 1 fully saturated rings. The summed E-state index contributed by atoms with van der Waals surface area (Å²) in [4.78, 5) is 38.5. The molecule has 0 bridgehead atoms. The molecule has 2 heterocycles. The standard InChI is InChI=1S/C17H26N4O4/c1-12(2)21-10-7-15(18-21)17(25)19-8-4-5-14(6-9-19)20(13(3)22)11-16(23)24/h7,10,12,14H,4-6,8-9,11H2,1-3H3,(H,23,24). The van der Waals surface area contributed by atoms with Crippen molar-refractivity contribution >= 4 is 17.8 Å². The maximum atomic E-state index is 12.7. The number of hydrogen-bond acceptors (Lipinski definition) is 4. The largest absolute Gasteiger partial charge is 0.480 e. The Balaban J connectivity index is 2.03. The molecule has 0 aliphatic carbocycles. The van der Waals surface area contributed by atoms with E-state index < -0.39 is 5.97 Å².